The number of likely N-dealkylation sites (tertiary alicyclic amines) is 1. The molecule has 1 aromatic rings. The fourth-order valence-corrected chi connectivity index (χ4v) is 2.67. The molecule has 0 radical (unpaired) electrons. The lowest BCUT2D eigenvalue weighted by Gasteiger charge is -2.28. The third-order valence-electron chi connectivity index (χ3n) is 4.14. The molecule has 0 spiro atoms. The minimum atomic E-state index is -0.650. The van der Waals surface area contributed by atoms with Crippen LogP contribution >= 0.6 is 0 Å². The molecule has 2 rings (SSSR count). The van der Waals surface area contributed by atoms with Gasteiger partial charge >= 0.3 is 5.97 Å². The smallest absolute Gasteiger partial charge is 0.311 e. The molecule has 5 nitrogen and oxygen atoms in total. The Morgan fingerprint density at radius 3 is 2.78 bits per heavy atom. The molecular formula is C13H21N3O2. The van der Waals surface area contributed by atoms with Crippen molar-refractivity contribution in [2.24, 2.45) is 11.3 Å². The Labute approximate surface area is 107 Å². The minimum Gasteiger partial charge on any atom is -0.481 e. The van der Waals surface area contributed by atoms with Gasteiger partial charge in [0.2, 0.25) is 0 Å². The van der Waals surface area contributed by atoms with Gasteiger partial charge in [-0.1, -0.05) is 13.8 Å². The second-order valence-corrected chi connectivity index (χ2v) is 5.44. The van der Waals surface area contributed by atoms with Gasteiger partial charge < -0.3 is 14.6 Å². The number of carboxylic acids is 1. The van der Waals surface area contributed by atoms with Crippen LogP contribution in [0.3, 0.4) is 0 Å². The number of hydrogen-bond acceptors (Lipinski definition) is 3. The maximum atomic E-state index is 11.5. The summed E-state index contributed by atoms with van der Waals surface area (Å²) in [5, 5.41) is 9.46. The Morgan fingerprint density at radius 1 is 1.50 bits per heavy atom. The number of aromatic nitrogens is 2. The summed E-state index contributed by atoms with van der Waals surface area (Å²) >= 11 is 0. The Kier molecular flexibility index (Phi) is 3.71. The van der Waals surface area contributed by atoms with E-state index in [0.29, 0.717) is 6.54 Å². The number of imidazole rings is 1. The second kappa shape index (κ2) is 5.10. The highest BCUT2D eigenvalue weighted by Crippen LogP contribution is 2.37. The van der Waals surface area contributed by atoms with Gasteiger partial charge in [0, 0.05) is 32.0 Å². The van der Waals surface area contributed by atoms with E-state index in [1.165, 1.54) is 0 Å². The average molecular weight is 251 g/mol. The largest absolute Gasteiger partial charge is 0.481 e. The summed E-state index contributed by atoms with van der Waals surface area (Å²) in [6, 6.07) is 0. The summed E-state index contributed by atoms with van der Waals surface area (Å²) in [7, 11) is 0. The van der Waals surface area contributed by atoms with Crippen LogP contribution in [0.4, 0.5) is 0 Å². The van der Waals surface area contributed by atoms with Crippen LogP contribution < -0.4 is 0 Å². The average Bonchev–Trinajstić information content (AvgIpc) is 2.96. The molecule has 100 valence electrons. The van der Waals surface area contributed by atoms with Gasteiger partial charge in [0.25, 0.3) is 0 Å². The van der Waals surface area contributed by atoms with E-state index in [9.17, 15) is 9.90 Å². The zero-order valence-electron chi connectivity index (χ0n) is 11.0. The topological polar surface area (TPSA) is 58.4 Å². The molecule has 0 aliphatic carbocycles. The van der Waals surface area contributed by atoms with E-state index in [2.05, 4.69) is 9.88 Å². The van der Waals surface area contributed by atoms with Crippen LogP contribution in [0.5, 0.6) is 0 Å². The predicted molar refractivity (Wildman–Crippen MR) is 68.2 cm³/mol. The molecule has 1 aliphatic heterocycles. The lowest BCUT2D eigenvalue weighted by molar-refractivity contribution is -0.151. The monoisotopic (exact) mass is 251 g/mol. The van der Waals surface area contributed by atoms with Gasteiger partial charge in [-0.2, -0.15) is 0 Å². The van der Waals surface area contributed by atoms with E-state index in [-0.39, 0.29) is 5.92 Å². The van der Waals surface area contributed by atoms with Crippen LogP contribution in [0.15, 0.2) is 18.7 Å². The highest BCUT2D eigenvalue weighted by atomic mass is 16.4. The Bertz CT molecular complexity index is 402. The summed E-state index contributed by atoms with van der Waals surface area (Å²) < 4.78 is 2.02. The van der Waals surface area contributed by atoms with Crippen LogP contribution in [0, 0.1) is 11.3 Å². The van der Waals surface area contributed by atoms with Crippen molar-refractivity contribution in [3.8, 4) is 0 Å². The Morgan fingerprint density at radius 2 is 2.28 bits per heavy atom. The van der Waals surface area contributed by atoms with Crippen LogP contribution in [0.1, 0.15) is 20.3 Å². The summed E-state index contributed by atoms with van der Waals surface area (Å²) in [6.07, 6.45) is 6.25. The van der Waals surface area contributed by atoms with E-state index < -0.39 is 11.4 Å². The SMILES string of the molecule is CC(C)C1(C(=O)O)CCN(CCn2ccnc2)C1. The van der Waals surface area contributed by atoms with E-state index in [1.54, 1.807) is 12.5 Å². The van der Waals surface area contributed by atoms with Gasteiger partial charge in [-0.25, -0.2) is 4.98 Å². The molecule has 2 heterocycles. The molecule has 0 saturated carbocycles. The summed E-state index contributed by atoms with van der Waals surface area (Å²) in [5.41, 5.74) is -0.561. The molecule has 1 saturated heterocycles. The lowest BCUT2D eigenvalue weighted by Crippen LogP contribution is -2.39. The fraction of sp³-hybridized carbons (Fsp3) is 0.692. The van der Waals surface area contributed by atoms with Gasteiger partial charge in [0.05, 0.1) is 11.7 Å². The van der Waals surface area contributed by atoms with E-state index >= 15 is 0 Å². The van der Waals surface area contributed by atoms with E-state index in [4.69, 9.17) is 0 Å². The summed E-state index contributed by atoms with van der Waals surface area (Å²) in [4.78, 5) is 17.7. The third kappa shape index (κ3) is 2.41. The number of nitrogens with zero attached hydrogens (tertiary/aromatic N) is 3. The van der Waals surface area contributed by atoms with Gasteiger partial charge in [-0.3, -0.25) is 4.79 Å². The molecule has 0 bridgehead atoms. The number of aliphatic carboxylic acids is 1. The van der Waals surface area contributed by atoms with Crippen LogP contribution in [-0.4, -0.2) is 45.2 Å². The number of carboxylic acid groups (broad SMARTS) is 1. The normalized spacial score (nSPS) is 24.8. The minimum absolute atomic E-state index is 0.174. The van der Waals surface area contributed by atoms with Crippen molar-refractivity contribution in [1.29, 1.82) is 0 Å². The van der Waals surface area contributed by atoms with Gasteiger partial charge in [-0.15, -0.1) is 0 Å². The first-order valence-electron chi connectivity index (χ1n) is 6.46. The maximum Gasteiger partial charge on any atom is 0.311 e. The number of rotatable bonds is 5. The first-order valence-corrected chi connectivity index (χ1v) is 6.46. The van der Waals surface area contributed by atoms with Crippen LogP contribution in [0.25, 0.3) is 0 Å². The van der Waals surface area contributed by atoms with Crippen molar-refractivity contribution in [1.82, 2.24) is 14.5 Å². The summed E-state index contributed by atoms with van der Waals surface area (Å²) in [5.74, 6) is -0.476. The quantitative estimate of drug-likeness (QED) is 0.857. The van der Waals surface area contributed by atoms with Crippen molar-refractivity contribution in [2.45, 2.75) is 26.8 Å². The molecule has 1 N–H and O–H groups in total. The number of hydrogen-bond donors (Lipinski definition) is 1. The molecule has 1 atom stereocenters. The Balaban J connectivity index is 1.93. The molecular weight excluding hydrogens is 230 g/mol. The first kappa shape index (κ1) is 13.1. The molecule has 0 amide bonds. The highest BCUT2D eigenvalue weighted by molar-refractivity contribution is 5.75. The molecule has 18 heavy (non-hydrogen) atoms. The zero-order chi connectivity index (χ0) is 13.2. The van der Waals surface area contributed by atoms with Gasteiger partial charge in [0.1, 0.15) is 0 Å². The lowest BCUT2D eigenvalue weighted by atomic mass is 9.76. The molecule has 1 fully saturated rings. The standard InChI is InChI=1S/C13H21N3O2/c1-11(2)13(12(17)18)3-5-15(9-13)7-8-16-6-4-14-10-16/h4,6,10-11H,3,5,7-9H2,1-2H3,(H,17,18). The Hall–Kier alpha value is -1.36. The molecule has 1 aromatic heterocycles. The molecule has 0 aromatic carbocycles. The predicted octanol–water partition coefficient (Wildman–Crippen LogP) is 1.32. The zero-order valence-corrected chi connectivity index (χ0v) is 11.0. The molecule has 1 aliphatic rings. The van der Waals surface area contributed by atoms with Gasteiger partial charge in [0.15, 0.2) is 0 Å². The maximum absolute atomic E-state index is 11.5. The van der Waals surface area contributed by atoms with Crippen molar-refractivity contribution >= 4 is 5.97 Å². The van der Waals surface area contributed by atoms with E-state index in [1.807, 2.05) is 24.6 Å². The van der Waals surface area contributed by atoms with Crippen molar-refractivity contribution < 1.29 is 9.90 Å². The molecule has 1 unspecified atom stereocenters. The van der Waals surface area contributed by atoms with Crippen LogP contribution in [-0.2, 0) is 11.3 Å². The van der Waals surface area contributed by atoms with Gasteiger partial charge in [-0.05, 0) is 18.9 Å². The highest BCUT2D eigenvalue weighted by Gasteiger charge is 2.46. The second-order valence-electron chi connectivity index (χ2n) is 5.44. The van der Waals surface area contributed by atoms with E-state index in [0.717, 1.165) is 26.1 Å². The van der Waals surface area contributed by atoms with Crippen molar-refractivity contribution in [3.63, 3.8) is 0 Å². The van der Waals surface area contributed by atoms with Crippen molar-refractivity contribution in [2.75, 3.05) is 19.6 Å². The summed E-state index contributed by atoms with van der Waals surface area (Å²) in [6.45, 7) is 7.31. The number of carbonyl (C=O) groups is 1. The fourth-order valence-electron chi connectivity index (χ4n) is 2.67. The van der Waals surface area contributed by atoms with Crippen LogP contribution in [0.2, 0.25) is 0 Å². The van der Waals surface area contributed by atoms with Crippen molar-refractivity contribution in [3.05, 3.63) is 18.7 Å². The first-order chi connectivity index (χ1) is 8.54. The third-order valence-corrected chi connectivity index (χ3v) is 4.14. The molecule has 5 heteroatoms.